The molecule has 0 unspecified atom stereocenters. The fourth-order valence-corrected chi connectivity index (χ4v) is 5.02. The highest BCUT2D eigenvalue weighted by Crippen LogP contribution is 2.37. The monoisotopic (exact) mass is 588 g/mol. The Bertz CT molecular complexity index is 3970. The summed E-state index contributed by atoms with van der Waals surface area (Å²) in [4.78, 5) is 0. The number of nitrogens with zero attached hydrogens (tertiary/aromatic N) is 2. The van der Waals surface area contributed by atoms with Crippen LogP contribution in [0.25, 0.3) is 77.2 Å². The van der Waals surface area contributed by atoms with Gasteiger partial charge in [0, 0.05) is 32.9 Å². The van der Waals surface area contributed by atoms with Crippen molar-refractivity contribution in [3.63, 3.8) is 0 Å². The number of aromatic nitrogens is 2. The summed E-state index contributed by atoms with van der Waals surface area (Å²) in [6.07, 6.45) is 0. The Morgan fingerprint density at radius 2 is 0.727 bits per heavy atom. The molecule has 0 N–H and O–H groups in total. The molecule has 2 aromatic heterocycles. The first-order valence-electron chi connectivity index (χ1n) is 26.8. The highest BCUT2D eigenvalue weighted by molar-refractivity contribution is 6.12. The lowest BCUT2D eigenvalue weighted by atomic mass is 9.99. The van der Waals surface area contributed by atoms with Crippen molar-refractivity contribution in [2.45, 2.75) is 0 Å². The molecule has 2 nitrogen and oxygen atoms in total. The van der Waals surface area contributed by atoms with E-state index in [4.69, 9.17) is 28.8 Å². The Kier molecular flexibility index (Phi) is 2.14. The van der Waals surface area contributed by atoms with Gasteiger partial charge in [0.15, 0.2) is 0 Å². The van der Waals surface area contributed by atoms with Gasteiger partial charge in [-0.05, 0) is 76.6 Å². The number of rotatable bonds is 4. The molecule has 0 bridgehead atoms. The molecule has 0 aliphatic rings. The van der Waals surface area contributed by atoms with Gasteiger partial charge >= 0.3 is 0 Å². The SMILES string of the molecule is [2H]c1c([2H])c([2H])c(-c2c([2H])c([2H])c([2H])c(-c3c([2H])c([2H])c([2H])c(-n4c5c([2H])c([2H])c([2H])c([2H])c5c5c([2H])c(-n6c7c([2H])c([2H])c([2H])c([2H])c7c7c([2H])c([2H])c([2H])c([2H])c76)c([2H])c([2H])c54)c3[2H])c2[2H])c([2H])c1[2H]. The summed E-state index contributed by atoms with van der Waals surface area (Å²) in [6.45, 7) is 0. The molecule has 0 saturated carbocycles. The van der Waals surface area contributed by atoms with Crippen LogP contribution in [-0.2, 0) is 0 Å². The van der Waals surface area contributed by atoms with Gasteiger partial charge in [-0.3, -0.25) is 0 Å². The normalized spacial score (nSPS) is 20.5. The van der Waals surface area contributed by atoms with E-state index in [0.29, 0.717) is 4.57 Å². The van der Waals surface area contributed by atoms with Crippen molar-refractivity contribution in [1.82, 2.24) is 9.13 Å². The first-order chi connectivity index (χ1) is 33.5. The van der Waals surface area contributed by atoms with E-state index in [9.17, 15) is 9.60 Å². The molecule has 2 heterocycles. The maximum Gasteiger partial charge on any atom is 0.0652 e. The molecule has 0 aliphatic heterocycles. The summed E-state index contributed by atoms with van der Waals surface area (Å²) < 4.78 is 250. The Hall–Kier alpha value is -5.86. The predicted molar refractivity (Wildman–Crippen MR) is 186 cm³/mol. The maximum absolute atomic E-state index is 9.84. The van der Waals surface area contributed by atoms with Crippen LogP contribution in [0.5, 0.6) is 0 Å². The smallest absolute Gasteiger partial charge is 0.0652 e. The molecule has 0 radical (unpaired) electrons. The van der Waals surface area contributed by atoms with Crippen LogP contribution in [0.15, 0.2) is 169 Å². The molecule has 0 amide bonds. The van der Waals surface area contributed by atoms with Crippen molar-refractivity contribution in [2.24, 2.45) is 0 Å². The number of benzene rings is 7. The summed E-state index contributed by atoms with van der Waals surface area (Å²) in [7, 11) is 0. The number of para-hydroxylation sites is 3. The third kappa shape index (κ3) is 3.82. The van der Waals surface area contributed by atoms with Crippen molar-refractivity contribution < 1.29 is 38.4 Å². The predicted octanol–water partition coefficient (Wildman–Crippen LogP) is 11.2. The van der Waals surface area contributed by atoms with Crippen molar-refractivity contribution in [3.8, 4) is 33.6 Å². The third-order valence-corrected chi connectivity index (χ3v) is 6.86. The quantitative estimate of drug-likeness (QED) is 0.193. The zero-order valence-corrected chi connectivity index (χ0v) is 21.9. The summed E-state index contributed by atoms with van der Waals surface area (Å²) in [5.41, 5.74) is -7.65. The minimum atomic E-state index is -1.10. The van der Waals surface area contributed by atoms with E-state index >= 15 is 0 Å². The van der Waals surface area contributed by atoms with Gasteiger partial charge in [-0.2, -0.15) is 0 Å². The largest absolute Gasteiger partial charge is 0.309 e. The molecule has 0 atom stereocenters. The zero-order valence-electron chi connectivity index (χ0n) is 49.9. The zero-order chi connectivity index (χ0) is 53.4. The molecule has 206 valence electrons. The second kappa shape index (κ2) is 9.86. The Labute approximate surface area is 295 Å². The molecule has 0 aliphatic carbocycles. The molecule has 7 aromatic carbocycles. The fraction of sp³-hybridized carbons (Fsp3) is 0. The molecule has 44 heavy (non-hydrogen) atoms. The van der Waals surface area contributed by atoms with Crippen LogP contribution in [0.3, 0.4) is 0 Å². The van der Waals surface area contributed by atoms with Crippen LogP contribution in [0.2, 0.25) is 0 Å². The Morgan fingerprint density at radius 3 is 1.36 bits per heavy atom. The molecule has 9 rings (SSSR count). The lowest BCUT2D eigenvalue weighted by Crippen LogP contribution is -1.96. The average molecular weight is 589 g/mol. The van der Waals surface area contributed by atoms with Gasteiger partial charge < -0.3 is 9.13 Å². The Balaban J connectivity index is 1.52. The summed E-state index contributed by atoms with van der Waals surface area (Å²) in [5.74, 6) is 0. The second-order valence-electron chi connectivity index (χ2n) is 9.26. The third-order valence-electron chi connectivity index (χ3n) is 6.86. The van der Waals surface area contributed by atoms with E-state index < -0.39 is 246 Å². The lowest BCUT2D eigenvalue weighted by Gasteiger charge is -2.12. The van der Waals surface area contributed by atoms with E-state index in [-0.39, 0.29) is 0 Å². The van der Waals surface area contributed by atoms with Gasteiger partial charge in [0.25, 0.3) is 0 Å². The molecular formula is C42H28N2. The van der Waals surface area contributed by atoms with Crippen molar-refractivity contribution in [2.75, 3.05) is 0 Å². The van der Waals surface area contributed by atoms with Gasteiger partial charge in [0.1, 0.15) is 0 Å². The lowest BCUT2D eigenvalue weighted by molar-refractivity contribution is 1.17. The van der Waals surface area contributed by atoms with Gasteiger partial charge in [-0.15, -0.1) is 0 Å². The molecule has 9 aromatic rings. The molecule has 0 spiro atoms. The van der Waals surface area contributed by atoms with E-state index in [0.717, 1.165) is 4.57 Å². The minimum absolute atomic E-state index is 0.465. The van der Waals surface area contributed by atoms with Gasteiger partial charge in [0.05, 0.1) is 60.4 Å². The van der Waals surface area contributed by atoms with Crippen LogP contribution in [-0.4, -0.2) is 9.13 Å². The first kappa shape index (κ1) is 9.57. The van der Waals surface area contributed by atoms with E-state index in [1.807, 2.05) is 0 Å². The van der Waals surface area contributed by atoms with Gasteiger partial charge in [0.2, 0.25) is 0 Å². The molecular weight excluding hydrogens is 532 g/mol. The number of fused-ring (bicyclic) bond motifs is 6. The average Bonchev–Trinajstić information content (AvgIpc) is 3.89. The van der Waals surface area contributed by atoms with Crippen molar-refractivity contribution in [3.05, 3.63) is 169 Å². The van der Waals surface area contributed by atoms with Crippen molar-refractivity contribution in [1.29, 1.82) is 0 Å². The van der Waals surface area contributed by atoms with Crippen LogP contribution in [0.4, 0.5) is 0 Å². The standard InChI is InChI=1S/C42H28N2/c1-2-12-29(13-3-1)30-14-10-15-31(26-30)32-16-11-17-33(27-32)43-41-23-9-6-20-37(41)38-28-34(24-25-42(38)43)44-39-21-7-4-18-35(39)36-19-5-8-22-40(36)44/h1-28H/i1D,2D,3D,4D,5D,6D,7D,8D,9D,10D,11D,12D,13D,14D,15D,16D,17D,18D,19D,20D,21D,22D,23D,24D,25D,26D,27D,28D. The van der Waals surface area contributed by atoms with E-state index in [2.05, 4.69) is 0 Å². The summed E-state index contributed by atoms with van der Waals surface area (Å²) in [6, 6.07) is -26.2. The van der Waals surface area contributed by atoms with Crippen LogP contribution in [0, 0.1) is 0 Å². The van der Waals surface area contributed by atoms with Gasteiger partial charge in [-0.25, -0.2) is 0 Å². The van der Waals surface area contributed by atoms with Crippen molar-refractivity contribution >= 4 is 43.6 Å². The highest BCUT2D eigenvalue weighted by atomic mass is 15.0. The fourth-order valence-electron chi connectivity index (χ4n) is 5.02. The number of hydrogen-bond acceptors (Lipinski definition) is 0. The van der Waals surface area contributed by atoms with Crippen LogP contribution < -0.4 is 0 Å². The maximum atomic E-state index is 9.84. The van der Waals surface area contributed by atoms with E-state index in [1.165, 1.54) is 0 Å². The molecule has 0 fully saturated rings. The Morgan fingerprint density at radius 1 is 0.295 bits per heavy atom. The van der Waals surface area contributed by atoms with Crippen LogP contribution in [0.1, 0.15) is 38.4 Å². The summed E-state index contributed by atoms with van der Waals surface area (Å²) in [5, 5.41) is -2.20. The molecule has 0 saturated heterocycles. The number of hydrogen-bond donors (Lipinski definition) is 0. The highest BCUT2D eigenvalue weighted by Gasteiger charge is 2.16. The molecule has 2 heteroatoms. The van der Waals surface area contributed by atoms with E-state index in [1.54, 1.807) is 0 Å². The summed E-state index contributed by atoms with van der Waals surface area (Å²) >= 11 is 0. The second-order valence-corrected chi connectivity index (χ2v) is 9.26. The first-order valence-corrected chi connectivity index (χ1v) is 12.8. The minimum Gasteiger partial charge on any atom is -0.309 e. The van der Waals surface area contributed by atoms with Crippen LogP contribution >= 0.6 is 0 Å². The topological polar surface area (TPSA) is 9.86 Å². The van der Waals surface area contributed by atoms with Gasteiger partial charge in [-0.1, -0.05) is 115 Å².